The number of hydrogen-bond acceptors (Lipinski definition) is 3. The van der Waals surface area contributed by atoms with Crippen LogP contribution in [0.3, 0.4) is 0 Å². The van der Waals surface area contributed by atoms with E-state index < -0.39 is 5.72 Å². The zero-order valence-corrected chi connectivity index (χ0v) is 17.2. The standard InChI is InChI=1S/C24H28N2O2/c1-22(2,3)25-21(27)20-16-14-24(28-19-13-9-6-10-15(16)19)23(4,5)17-11-7-8-12-18(17)26(20)24/h6-13,16,20H,14H2,1-5H3,(H,25,27)/t16-,20-,24-/m1/s1. The van der Waals surface area contributed by atoms with Gasteiger partial charge in [-0.15, -0.1) is 0 Å². The van der Waals surface area contributed by atoms with Gasteiger partial charge in [-0.2, -0.15) is 0 Å². The van der Waals surface area contributed by atoms with E-state index in [1.807, 2.05) is 39.0 Å². The molecule has 1 fully saturated rings. The van der Waals surface area contributed by atoms with Gasteiger partial charge < -0.3 is 15.0 Å². The number of benzene rings is 2. The van der Waals surface area contributed by atoms with Crippen molar-refractivity contribution in [3.05, 3.63) is 59.7 Å². The van der Waals surface area contributed by atoms with Crippen LogP contribution in [0.2, 0.25) is 0 Å². The minimum absolute atomic E-state index is 0.0761. The Morgan fingerprint density at radius 2 is 1.79 bits per heavy atom. The van der Waals surface area contributed by atoms with Crippen LogP contribution in [-0.2, 0) is 10.2 Å². The molecule has 0 aromatic heterocycles. The second-order valence-corrected chi connectivity index (χ2v) is 9.93. The average Bonchev–Trinajstić information content (AvgIpc) is 3.00. The summed E-state index contributed by atoms with van der Waals surface area (Å²) in [6.45, 7) is 10.6. The number of fused-ring (bicyclic) bond motifs is 5. The lowest BCUT2D eigenvalue weighted by Crippen LogP contribution is -2.60. The van der Waals surface area contributed by atoms with Crippen LogP contribution in [0.25, 0.3) is 0 Å². The number of carbonyl (C=O) groups is 1. The lowest BCUT2D eigenvalue weighted by Gasteiger charge is -2.45. The number of carbonyl (C=O) groups excluding carboxylic acids is 1. The largest absolute Gasteiger partial charge is 0.467 e. The Bertz CT molecular complexity index is 975. The first-order valence-electron chi connectivity index (χ1n) is 10.1. The van der Waals surface area contributed by atoms with Crippen LogP contribution in [0.5, 0.6) is 5.75 Å². The lowest BCUT2D eigenvalue weighted by atomic mass is 9.73. The Kier molecular flexibility index (Phi) is 3.34. The van der Waals surface area contributed by atoms with E-state index in [0.717, 1.165) is 23.4 Å². The van der Waals surface area contributed by atoms with Crippen LogP contribution in [0.4, 0.5) is 5.69 Å². The van der Waals surface area contributed by atoms with Gasteiger partial charge in [-0.25, -0.2) is 0 Å². The maximum atomic E-state index is 13.6. The Morgan fingerprint density at radius 1 is 1.11 bits per heavy atom. The number of para-hydroxylation sites is 2. The van der Waals surface area contributed by atoms with Crippen LogP contribution in [0.1, 0.15) is 58.1 Å². The minimum atomic E-state index is -0.546. The first-order valence-corrected chi connectivity index (χ1v) is 10.1. The molecule has 3 heterocycles. The van der Waals surface area contributed by atoms with Crippen molar-refractivity contribution in [2.75, 3.05) is 4.90 Å². The van der Waals surface area contributed by atoms with E-state index in [1.165, 1.54) is 5.56 Å². The highest BCUT2D eigenvalue weighted by molar-refractivity contribution is 5.91. The molecule has 3 aliphatic heterocycles. The van der Waals surface area contributed by atoms with Gasteiger partial charge in [0.15, 0.2) is 5.72 Å². The second kappa shape index (κ2) is 5.31. The van der Waals surface area contributed by atoms with Crippen molar-refractivity contribution in [2.45, 2.75) is 69.7 Å². The lowest BCUT2D eigenvalue weighted by molar-refractivity contribution is -0.124. The maximum Gasteiger partial charge on any atom is 0.243 e. The molecule has 1 N–H and O–H groups in total. The molecular formula is C24H28N2O2. The van der Waals surface area contributed by atoms with Crippen molar-refractivity contribution in [2.24, 2.45) is 0 Å². The SMILES string of the molecule is CC(C)(C)NC(=O)[C@H]1[C@@H]2C[C@]3(Oc4ccccc42)N1c1ccccc1C3(C)C. The van der Waals surface area contributed by atoms with Crippen molar-refractivity contribution in [3.8, 4) is 5.75 Å². The predicted molar refractivity (Wildman–Crippen MR) is 111 cm³/mol. The van der Waals surface area contributed by atoms with E-state index in [4.69, 9.17) is 4.74 Å². The summed E-state index contributed by atoms with van der Waals surface area (Å²) in [7, 11) is 0. The molecule has 146 valence electrons. The number of amides is 1. The molecule has 4 heteroatoms. The summed E-state index contributed by atoms with van der Waals surface area (Å²) < 4.78 is 6.79. The third-order valence-corrected chi connectivity index (χ3v) is 6.72. The molecular weight excluding hydrogens is 348 g/mol. The van der Waals surface area contributed by atoms with Gasteiger partial charge in [0.25, 0.3) is 0 Å². The van der Waals surface area contributed by atoms with E-state index in [-0.39, 0.29) is 28.8 Å². The second-order valence-electron chi connectivity index (χ2n) is 9.93. The normalized spacial score (nSPS) is 28.8. The quantitative estimate of drug-likeness (QED) is 0.805. The summed E-state index contributed by atoms with van der Waals surface area (Å²) >= 11 is 0. The minimum Gasteiger partial charge on any atom is -0.467 e. The highest BCUT2D eigenvalue weighted by Gasteiger charge is 2.70. The van der Waals surface area contributed by atoms with Gasteiger partial charge in [-0.3, -0.25) is 4.79 Å². The van der Waals surface area contributed by atoms with Crippen LogP contribution in [-0.4, -0.2) is 23.2 Å². The molecule has 3 atom stereocenters. The number of rotatable bonds is 1. The highest BCUT2D eigenvalue weighted by Crippen LogP contribution is 2.64. The number of anilines is 1. The molecule has 1 amide bonds. The summed E-state index contributed by atoms with van der Waals surface area (Å²) in [4.78, 5) is 15.9. The zero-order chi connectivity index (χ0) is 19.9. The molecule has 0 radical (unpaired) electrons. The molecule has 2 aromatic rings. The molecule has 2 bridgehead atoms. The molecule has 0 aliphatic carbocycles. The Morgan fingerprint density at radius 3 is 2.54 bits per heavy atom. The van der Waals surface area contributed by atoms with Crippen molar-refractivity contribution < 1.29 is 9.53 Å². The highest BCUT2D eigenvalue weighted by atomic mass is 16.5. The van der Waals surface area contributed by atoms with Gasteiger partial charge in [0.05, 0.1) is 5.41 Å². The zero-order valence-electron chi connectivity index (χ0n) is 17.2. The van der Waals surface area contributed by atoms with Gasteiger partial charge in [0.2, 0.25) is 5.91 Å². The van der Waals surface area contributed by atoms with E-state index in [0.29, 0.717) is 0 Å². The van der Waals surface area contributed by atoms with E-state index >= 15 is 0 Å². The fourth-order valence-corrected chi connectivity index (χ4v) is 5.54. The van der Waals surface area contributed by atoms with Crippen molar-refractivity contribution in [1.82, 2.24) is 5.32 Å². The van der Waals surface area contributed by atoms with Crippen molar-refractivity contribution >= 4 is 11.6 Å². The fraction of sp³-hybridized carbons (Fsp3) is 0.458. The molecule has 1 spiro atoms. The smallest absolute Gasteiger partial charge is 0.243 e. The molecule has 0 saturated carbocycles. The van der Waals surface area contributed by atoms with Gasteiger partial charge in [0, 0.05) is 29.1 Å². The van der Waals surface area contributed by atoms with Crippen LogP contribution < -0.4 is 15.0 Å². The third-order valence-electron chi connectivity index (χ3n) is 6.72. The summed E-state index contributed by atoms with van der Waals surface area (Å²) in [5, 5.41) is 3.24. The number of nitrogens with zero attached hydrogens (tertiary/aromatic N) is 1. The monoisotopic (exact) mass is 376 g/mol. The predicted octanol–water partition coefficient (Wildman–Crippen LogP) is 4.34. The van der Waals surface area contributed by atoms with E-state index in [9.17, 15) is 4.79 Å². The number of nitrogens with one attached hydrogen (secondary N) is 1. The fourth-order valence-electron chi connectivity index (χ4n) is 5.54. The van der Waals surface area contributed by atoms with Crippen LogP contribution in [0, 0.1) is 0 Å². The molecule has 5 rings (SSSR count). The summed E-state index contributed by atoms with van der Waals surface area (Å²) in [5.74, 6) is 1.10. The Balaban J connectivity index is 1.73. The number of ether oxygens (including phenoxy) is 1. The van der Waals surface area contributed by atoms with Crippen LogP contribution >= 0.6 is 0 Å². The molecule has 3 aliphatic rings. The van der Waals surface area contributed by atoms with Crippen molar-refractivity contribution in [1.29, 1.82) is 0 Å². The molecule has 2 aromatic carbocycles. The number of hydrogen-bond donors (Lipinski definition) is 1. The summed E-state index contributed by atoms with van der Waals surface area (Å²) in [6.07, 6.45) is 0.813. The molecule has 28 heavy (non-hydrogen) atoms. The third kappa shape index (κ3) is 2.09. The summed E-state index contributed by atoms with van der Waals surface area (Å²) in [6, 6.07) is 16.4. The van der Waals surface area contributed by atoms with Crippen LogP contribution in [0.15, 0.2) is 48.5 Å². The van der Waals surface area contributed by atoms with E-state index in [2.05, 4.69) is 54.4 Å². The van der Waals surface area contributed by atoms with Crippen molar-refractivity contribution in [3.63, 3.8) is 0 Å². The van der Waals surface area contributed by atoms with E-state index in [1.54, 1.807) is 0 Å². The average molecular weight is 377 g/mol. The first-order chi connectivity index (χ1) is 13.2. The topological polar surface area (TPSA) is 41.6 Å². The maximum absolute atomic E-state index is 13.6. The van der Waals surface area contributed by atoms with Gasteiger partial charge in [0.1, 0.15) is 11.8 Å². The Hall–Kier alpha value is -2.49. The van der Waals surface area contributed by atoms with Gasteiger partial charge in [-0.05, 0) is 52.3 Å². The molecule has 0 unspecified atom stereocenters. The molecule has 4 nitrogen and oxygen atoms in total. The van der Waals surface area contributed by atoms with Gasteiger partial charge >= 0.3 is 0 Å². The Labute approximate surface area is 166 Å². The first kappa shape index (κ1) is 17.6. The van der Waals surface area contributed by atoms with Gasteiger partial charge in [-0.1, -0.05) is 36.4 Å². The molecule has 1 saturated heterocycles. The summed E-state index contributed by atoms with van der Waals surface area (Å²) in [5.41, 5.74) is 2.46.